The van der Waals surface area contributed by atoms with E-state index in [0.29, 0.717) is 68.6 Å². The molecule has 3 aromatic heterocycles. The number of amides is 2. The first kappa shape index (κ1) is 35.8. The number of carboxylic acid groups (broad SMARTS) is 1. The second-order valence-electron chi connectivity index (χ2n) is 12.4. The van der Waals surface area contributed by atoms with Gasteiger partial charge in [0.15, 0.2) is 0 Å². The number of nitrogens with zero attached hydrogens (tertiary/aromatic N) is 4. The van der Waals surface area contributed by atoms with E-state index in [1.807, 2.05) is 36.4 Å². The summed E-state index contributed by atoms with van der Waals surface area (Å²) in [7, 11) is 1.47. The fraction of sp³-hybridized carbons (Fsp3) is 0.270. The standard InChI is InChI=1S/C37H36Cl2N6O6/c1-21(46)16-40-17-24-18-41-31-15-22(13-14-45(31)36(24)48)26-5-3-6-27(33(26)38)28-7-4-8-29(34(28)39)30-11-9-23(35(43-30)51-2)19-44(37(49)50)20-25-10-12-32(47)42-25/h3-9,11,13-15,18,21,25,40,46H,10,12,16-17,19-20H2,1-2H3,(H,42,47)(H,49,50)/t21?,25-/m0/s1. The van der Waals surface area contributed by atoms with E-state index in [-0.39, 0.29) is 43.0 Å². The van der Waals surface area contributed by atoms with Gasteiger partial charge < -0.3 is 30.5 Å². The Morgan fingerprint density at radius 3 is 2.43 bits per heavy atom. The van der Waals surface area contributed by atoms with E-state index in [9.17, 15) is 24.6 Å². The van der Waals surface area contributed by atoms with Gasteiger partial charge in [0.05, 0.1) is 35.5 Å². The van der Waals surface area contributed by atoms with Crippen molar-refractivity contribution >= 4 is 40.8 Å². The number of halogens is 2. The van der Waals surface area contributed by atoms with Crippen LogP contribution in [0.3, 0.4) is 0 Å². The van der Waals surface area contributed by atoms with E-state index in [0.717, 1.165) is 11.1 Å². The first-order valence-corrected chi connectivity index (χ1v) is 17.1. The quantitative estimate of drug-likeness (QED) is 0.128. The van der Waals surface area contributed by atoms with Crippen molar-refractivity contribution in [2.45, 2.75) is 45.0 Å². The Bertz CT molecular complexity index is 2170. The summed E-state index contributed by atoms with van der Waals surface area (Å²) >= 11 is 14.1. The van der Waals surface area contributed by atoms with Crippen LogP contribution in [0.1, 0.15) is 30.9 Å². The van der Waals surface area contributed by atoms with Gasteiger partial charge in [-0.1, -0.05) is 59.6 Å². The molecular formula is C37H36Cl2N6O6. The van der Waals surface area contributed by atoms with Crippen LogP contribution in [-0.2, 0) is 17.9 Å². The van der Waals surface area contributed by atoms with Crippen molar-refractivity contribution in [1.29, 1.82) is 0 Å². The molecule has 264 valence electrons. The molecule has 51 heavy (non-hydrogen) atoms. The Balaban J connectivity index is 1.28. The second kappa shape index (κ2) is 15.5. The fourth-order valence-corrected chi connectivity index (χ4v) is 6.79. The molecule has 4 heterocycles. The van der Waals surface area contributed by atoms with Crippen molar-refractivity contribution in [3.8, 4) is 39.4 Å². The molecule has 1 saturated heterocycles. The van der Waals surface area contributed by atoms with Crippen molar-refractivity contribution in [1.82, 2.24) is 29.9 Å². The predicted octanol–water partition coefficient (Wildman–Crippen LogP) is 5.63. The lowest BCUT2D eigenvalue weighted by Crippen LogP contribution is -2.41. The summed E-state index contributed by atoms with van der Waals surface area (Å²) in [5.74, 6) is 0.168. The maximum absolute atomic E-state index is 13.1. The lowest BCUT2D eigenvalue weighted by molar-refractivity contribution is -0.119. The molecule has 0 spiro atoms. The summed E-state index contributed by atoms with van der Waals surface area (Å²) in [4.78, 5) is 47.2. The van der Waals surface area contributed by atoms with Crippen LogP contribution in [0.25, 0.3) is 39.2 Å². The minimum absolute atomic E-state index is 0.0234. The molecule has 1 aliphatic heterocycles. The Kier molecular flexibility index (Phi) is 10.9. The summed E-state index contributed by atoms with van der Waals surface area (Å²) in [5, 5.41) is 26.1. The van der Waals surface area contributed by atoms with Crippen molar-refractivity contribution in [3.63, 3.8) is 0 Å². The first-order chi connectivity index (χ1) is 24.5. The zero-order chi connectivity index (χ0) is 36.2. The molecule has 0 aliphatic carbocycles. The molecule has 2 atom stereocenters. The van der Waals surface area contributed by atoms with Gasteiger partial charge in [0.25, 0.3) is 5.56 Å². The number of fused-ring (bicyclic) bond motifs is 1. The van der Waals surface area contributed by atoms with Gasteiger partial charge in [-0.2, -0.15) is 0 Å². The monoisotopic (exact) mass is 730 g/mol. The van der Waals surface area contributed by atoms with Crippen molar-refractivity contribution in [3.05, 3.63) is 105 Å². The van der Waals surface area contributed by atoms with Gasteiger partial charge in [0.1, 0.15) is 5.65 Å². The molecule has 1 aliphatic rings. The number of nitrogens with one attached hydrogen (secondary N) is 2. The highest BCUT2D eigenvalue weighted by Gasteiger charge is 2.26. The molecular weight excluding hydrogens is 695 g/mol. The van der Waals surface area contributed by atoms with Crippen molar-refractivity contribution < 1.29 is 24.5 Å². The summed E-state index contributed by atoms with van der Waals surface area (Å²) in [6, 6.07) is 18.1. The number of methoxy groups -OCH3 is 1. The number of aromatic nitrogens is 3. The summed E-state index contributed by atoms with van der Waals surface area (Å²) in [5.41, 5.74) is 5.28. The van der Waals surface area contributed by atoms with Gasteiger partial charge in [-0.15, -0.1) is 0 Å². The summed E-state index contributed by atoms with van der Waals surface area (Å²) in [6.07, 6.45) is 2.51. The largest absolute Gasteiger partial charge is 0.481 e. The molecule has 2 aromatic carbocycles. The number of rotatable bonds is 12. The number of carbonyl (C=O) groups excluding carboxylic acids is 1. The Morgan fingerprint density at radius 2 is 1.76 bits per heavy atom. The zero-order valence-corrected chi connectivity index (χ0v) is 29.4. The van der Waals surface area contributed by atoms with E-state index in [1.54, 1.807) is 37.4 Å². The lowest BCUT2D eigenvalue weighted by Gasteiger charge is -2.23. The Hall–Kier alpha value is -5.01. The number of ether oxygens (including phenoxy) is 1. The minimum Gasteiger partial charge on any atom is -0.481 e. The third kappa shape index (κ3) is 7.84. The highest BCUT2D eigenvalue weighted by atomic mass is 35.5. The van der Waals surface area contributed by atoms with Crippen LogP contribution in [0.2, 0.25) is 10.0 Å². The Labute approximate surface area is 303 Å². The first-order valence-electron chi connectivity index (χ1n) is 16.3. The van der Waals surface area contributed by atoms with Gasteiger partial charge in [-0.05, 0) is 43.2 Å². The topological polar surface area (TPSA) is 158 Å². The number of benzene rings is 2. The number of hydrogen-bond donors (Lipinski definition) is 4. The molecule has 5 aromatic rings. The highest BCUT2D eigenvalue weighted by molar-refractivity contribution is 6.39. The Morgan fingerprint density at radius 1 is 1.06 bits per heavy atom. The highest BCUT2D eigenvalue weighted by Crippen LogP contribution is 2.42. The maximum atomic E-state index is 13.1. The van der Waals surface area contributed by atoms with Crippen LogP contribution in [0.4, 0.5) is 4.79 Å². The van der Waals surface area contributed by atoms with Crippen LogP contribution in [0.15, 0.2) is 77.9 Å². The predicted molar refractivity (Wildman–Crippen MR) is 195 cm³/mol. The molecule has 6 rings (SSSR count). The fourth-order valence-electron chi connectivity index (χ4n) is 6.13. The normalized spacial score (nSPS) is 14.8. The number of pyridine rings is 2. The second-order valence-corrected chi connectivity index (χ2v) is 13.1. The molecule has 1 fully saturated rings. The third-order valence-corrected chi connectivity index (χ3v) is 9.51. The van der Waals surface area contributed by atoms with Gasteiger partial charge in [-0.25, -0.2) is 14.8 Å². The average Bonchev–Trinajstić information content (AvgIpc) is 3.53. The van der Waals surface area contributed by atoms with Gasteiger partial charge in [0, 0.05) is 77.9 Å². The van der Waals surface area contributed by atoms with E-state index in [1.165, 1.54) is 22.6 Å². The zero-order valence-electron chi connectivity index (χ0n) is 27.9. The average molecular weight is 732 g/mol. The van der Waals surface area contributed by atoms with E-state index in [4.69, 9.17) is 27.9 Å². The molecule has 0 saturated carbocycles. The van der Waals surface area contributed by atoms with Crippen LogP contribution in [0.5, 0.6) is 5.88 Å². The number of aliphatic hydroxyl groups excluding tert-OH is 1. The van der Waals surface area contributed by atoms with E-state index < -0.39 is 12.2 Å². The molecule has 0 radical (unpaired) electrons. The third-order valence-electron chi connectivity index (χ3n) is 8.70. The molecule has 1 unspecified atom stereocenters. The van der Waals surface area contributed by atoms with E-state index in [2.05, 4.69) is 20.6 Å². The number of carbonyl (C=O) groups is 2. The van der Waals surface area contributed by atoms with Gasteiger partial charge in [-0.3, -0.25) is 14.0 Å². The molecule has 4 N–H and O–H groups in total. The van der Waals surface area contributed by atoms with Gasteiger partial charge >= 0.3 is 6.09 Å². The minimum atomic E-state index is -1.11. The summed E-state index contributed by atoms with van der Waals surface area (Å²) < 4.78 is 7.05. The maximum Gasteiger partial charge on any atom is 0.407 e. The van der Waals surface area contributed by atoms with Gasteiger partial charge in [0.2, 0.25) is 11.8 Å². The van der Waals surface area contributed by atoms with Crippen molar-refractivity contribution in [2.75, 3.05) is 20.2 Å². The smallest absolute Gasteiger partial charge is 0.407 e. The SMILES string of the molecule is COc1nc(-c2cccc(-c3cccc(-c4ccn5c(=O)c(CNCC(C)O)cnc5c4)c3Cl)c2Cl)ccc1CN(C[C@@H]1CCC(=O)N1)C(=O)O. The van der Waals surface area contributed by atoms with Crippen LogP contribution in [-0.4, -0.2) is 73.8 Å². The summed E-state index contributed by atoms with van der Waals surface area (Å²) in [6.45, 7) is 2.49. The number of hydrogen-bond acceptors (Lipinski definition) is 8. The van der Waals surface area contributed by atoms with Crippen LogP contribution < -0.4 is 20.9 Å². The number of aliphatic hydroxyl groups is 1. The van der Waals surface area contributed by atoms with Crippen LogP contribution >= 0.6 is 23.2 Å². The molecule has 14 heteroatoms. The molecule has 0 bridgehead atoms. The lowest BCUT2D eigenvalue weighted by atomic mass is 9.97. The molecule has 2 amide bonds. The van der Waals surface area contributed by atoms with Crippen molar-refractivity contribution in [2.24, 2.45) is 0 Å². The van der Waals surface area contributed by atoms with Crippen LogP contribution in [0, 0.1) is 0 Å². The van der Waals surface area contributed by atoms with E-state index >= 15 is 0 Å². The molecule has 12 nitrogen and oxygen atoms in total.